The molecule has 1 aromatic rings. The first-order valence-electron chi connectivity index (χ1n) is 7.02. The van der Waals surface area contributed by atoms with Crippen molar-refractivity contribution in [2.45, 2.75) is 25.8 Å². The maximum Gasteiger partial charge on any atom is 0.238 e. The Labute approximate surface area is 125 Å². The Morgan fingerprint density at radius 2 is 2.35 bits per heavy atom. The number of likely N-dealkylation sites (N-methyl/N-ethyl adjacent to an activating group) is 1. The standard InChI is InChI=1S/C15H22ClN3O/c1-11-5-6-12(16)8-14(11)18-15(20)10-19(2)9-13-4-3-7-17-13/h5-6,8,13,17H,3-4,7,9-10H2,1-2H3,(H,18,20). The Hall–Kier alpha value is -1.10. The molecule has 2 rings (SSSR count). The summed E-state index contributed by atoms with van der Waals surface area (Å²) in [6.45, 7) is 4.34. The van der Waals surface area contributed by atoms with E-state index in [0.29, 0.717) is 17.6 Å². The fraction of sp³-hybridized carbons (Fsp3) is 0.533. The van der Waals surface area contributed by atoms with Crippen LogP contribution >= 0.6 is 11.6 Å². The molecular formula is C15H22ClN3O. The smallest absolute Gasteiger partial charge is 0.238 e. The number of nitrogens with one attached hydrogen (secondary N) is 2. The minimum atomic E-state index is -0.00383. The quantitative estimate of drug-likeness (QED) is 0.876. The van der Waals surface area contributed by atoms with E-state index in [1.165, 1.54) is 12.8 Å². The van der Waals surface area contributed by atoms with E-state index in [4.69, 9.17) is 11.6 Å². The molecule has 0 spiro atoms. The Bertz CT molecular complexity index is 472. The molecule has 1 aliphatic heterocycles. The fourth-order valence-electron chi connectivity index (χ4n) is 2.52. The summed E-state index contributed by atoms with van der Waals surface area (Å²) < 4.78 is 0. The van der Waals surface area contributed by atoms with Gasteiger partial charge < -0.3 is 10.6 Å². The van der Waals surface area contributed by atoms with E-state index >= 15 is 0 Å². The number of amides is 1. The van der Waals surface area contributed by atoms with Crippen LogP contribution in [0.4, 0.5) is 5.69 Å². The predicted molar refractivity (Wildman–Crippen MR) is 83.3 cm³/mol. The highest BCUT2D eigenvalue weighted by Crippen LogP contribution is 2.20. The molecule has 0 aliphatic carbocycles. The normalized spacial score (nSPS) is 18.5. The van der Waals surface area contributed by atoms with Crippen molar-refractivity contribution in [2.24, 2.45) is 0 Å². The highest BCUT2D eigenvalue weighted by atomic mass is 35.5. The number of benzene rings is 1. The van der Waals surface area contributed by atoms with E-state index in [9.17, 15) is 4.79 Å². The van der Waals surface area contributed by atoms with Gasteiger partial charge >= 0.3 is 0 Å². The lowest BCUT2D eigenvalue weighted by atomic mass is 10.2. The molecule has 1 atom stereocenters. The van der Waals surface area contributed by atoms with Crippen LogP contribution in [0.2, 0.25) is 5.02 Å². The first kappa shape index (κ1) is 15.3. The zero-order valence-electron chi connectivity index (χ0n) is 12.1. The highest BCUT2D eigenvalue weighted by molar-refractivity contribution is 6.31. The second-order valence-corrected chi connectivity index (χ2v) is 5.93. The third-order valence-corrected chi connectivity index (χ3v) is 3.82. The summed E-state index contributed by atoms with van der Waals surface area (Å²) in [6, 6.07) is 6.03. The molecule has 1 amide bonds. The van der Waals surface area contributed by atoms with Gasteiger partial charge in [-0.15, -0.1) is 0 Å². The number of carbonyl (C=O) groups excluding carboxylic acids is 1. The zero-order valence-corrected chi connectivity index (χ0v) is 12.8. The van der Waals surface area contributed by atoms with Crippen LogP contribution < -0.4 is 10.6 Å². The topological polar surface area (TPSA) is 44.4 Å². The molecule has 0 radical (unpaired) electrons. The second kappa shape index (κ2) is 7.07. The minimum Gasteiger partial charge on any atom is -0.325 e. The van der Waals surface area contributed by atoms with E-state index in [0.717, 1.165) is 24.3 Å². The first-order chi connectivity index (χ1) is 9.54. The molecule has 0 bridgehead atoms. The number of aryl methyl sites for hydroxylation is 1. The average Bonchev–Trinajstić information content (AvgIpc) is 2.86. The van der Waals surface area contributed by atoms with Crippen molar-refractivity contribution in [2.75, 3.05) is 32.0 Å². The Morgan fingerprint density at radius 3 is 3.05 bits per heavy atom. The number of hydrogen-bond donors (Lipinski definition) is 2. The number of hydrogen-bond acceptors (Lipinski definition) is 3. The van der Waals surface area contributed by atoms with Crippen LogP contribution in [-0.2, 0) is 4.79 Å². The second-order valence-electron chi connectivity index (χ2n) is 5.50. The van der Waals surface area contributed by atoms with Crippen LogP contribution in [0.1, 0.15) is 18.4 Å². The molecule has 1 aromatic carbocycles. The van der Waals surface area contributed by atoms with Crippen molar-refractivity contribution in [3.05, 3.63) is 28.8 Å². The summed E-state index contributed by atoms with van der Waals surface area (Å²) in [5.41, 5.74) is 1.80. The lowest BCUT2D eigenvalue weighted by Crippen LogP contribution is -2.39. The van der Waals surface area contributed by atoms with Crippen molar-refractivity contribution in [3.63, 3.8) is 0 Å². The third kappa shape index (κ3) is 4.47. The molecule has 0 aromatic heterocycles. The molecule has 5 heteroatoms. The largest absolute Gasteiger partial charge is 0.325 e. The van der Waals surface area contributed by atoms with E-state index < -0.39 is 0 Å². The number of anilines is 1. The SMILES string of the molecule is Cc1ccc(Cl)cc1NC(=O)CN(C)CC1CCCN1. The number of halogens is 1. The molecule has 1 aliphatic rings. The molecule has 20 heavy (non-hydrogen) atoms. The lowest BCUT2D eigenvalue weighted by molar-refractivity contribution is -0.117. The molecule has 1 saturated heterocycles. The first-order valence-corrected chi connectivity index (χ1v) is 7.40. The summed E-state index contributed by atoms with van der Waals surface area (Å²) in [6.07, 6.45) is 2.42. The Balaban J connectivity index is 1.83. The van der Waals surface area contributed by atoms with Crippen molar-refractivity contribution in [3.8, 4) is 0 Å². The van der Waals surface area contributed by atoms with Crippen molar-refractivity contribution in [1.82, 2.24) is 10.2 Å². The van der Waals surface area contributed by atoms with E-state index in [1.807, 2.05) is 26.1 Å². The van der Waals surface area contributed by atoms with Gasteiger partial charge in [-0.2, -0.15) is 0 Å². The summed E-state index contributed by atoms with van der Waals surface area (Å²) in [5.74, 6) is -0.00383. The molecule has 0 saturated carbocycles. The van der Waals surface area contributed by atoms with E-state index in [-0.39, 0.29) is 5.91 Å². The molecule has 1 fully saturated rings. The van der Waals surface area contributed by atoms with Gasteiger partial charge in [-0.25, -0.2) is 0 Å². The maximum absolute atomic E-state index is 12.0. The zero-order chi connectivity index (χ0) is 14.5. The number of nitrogens with zero attached hydrogens (tertiary/aromatic N) is 1. The van der Waals surface area contributed by atoms with Crippen LogP contribution in [-0.4, -0.2) is 43.5 Å². The third-order valence-electron chi connectivity index (χ3n) is 3.58. The van der Waals surface area contributed by atoms with Crippen LogP contribution in [0.5, 0.6) is 0 Å². The van der Waals surface area contributed by atoms with Gasteiger partial charge in [-0.05, 0) is 51.1 Å². The van der Waals surface area contributed by atoms with Gasteiger partial charge in [0.05, 0.1) is 6.54 Å². The van der Waals surface area contributed by atoms with Gasteiger partial charge in [-0.3, -0.25) is 9.69 Å². The fourth-order valence-corrected chi connectivity index (χ4v) is 2.69. The monoisotopic (exact) mass is 295 g/mol. The van der Waals surface area contributed by atoms with Crippen LogP contribution in [0.25, 0.3) is 0 Å². The van der Waals surface area contributed by atoms with E-state index in [2.05, 4.69) is 15.5 Å². The minimum absolute atomic E-state index is 0.00383. The van der Waals surface area contributed by atoms with Crippen molar-refractivity contribution < 1.29 is 4.79 Å². The number of rotatable bonds is 5. The highest BCUT2D eigenvalue weighted by Gasteiger charge is 2.17. The van der Waals surface area contributed by atoms with Gasteiger partial charge in [0, 0.05) is 23.3 Å². The molecule has 1 unspecified atom stereocenters. The molecule has 4 nitrogen and oxygen atoms in total. The Morgan fingerprint density at radius 1 is 1.55 bits per heavy atom. The maximum atomic E-state index is 12.0. The lowest BCUT2D eigenvalue weighted by Gasteiger charge is -2.20. The number of carbonyl (C=O) groups is 1. The van der Waals surface area contributed by atoms with E-state index in [1.54, 1.807) is 6.07 Å². The summed E-state index contributed by atoms with van der Waals surface area (Å²) >= 11 is 5.95. The summed E-state index contributed by atoms with van der Waals surface area (Å²) in [4.78, 5) is 14.1. The van der Waals surface area contributed by atoms with Gasteiger partial charge in [0.25, 0.3) is 0 Å². The van der Waals surface area contributed by atoms with Crippen molar-refractivity contribution >= 4 is 23.2 Å². The predicted octanol–water partition coefficient (Wildman–Crippen LogP) is 2.27. The van der Waals surface area contributed by atoms with Crippen LogP contribution in [0.15, 0.2) is 18.2 Å². The van der Waals surface area contributed by atoms with Gasteiger partial charge in [0.2, 0.25) is 5.91 Å². The van der Waals surface area contributed by atoms with Gasteiger partial charge in [0.1, 0.15) is 0 Å². The molecular weight excluding hydrogens is 274 g/mol. The summed E-state index contributed by atoms with van der Waals surface area (Å²) in [7, 11) is 1.98. The van der Waals surface area contributed by atoms with Crippen molar-refractivity contribution in [1.29, 1.82) is 0 Å². The molecule has 2 N–H and O–H groups in total. The van der Waals surface area contributed by atoms with Gasteiger partial charge in [-0.1, -0.05) is 17.7 Å². The van der Waals surface area contributed by atoms with Gasteiger partial charge in [0.15, 0.2) is 0 Å². The molecule has 1 heterocycles. The molecule has 110 valence electrons. The van der Waals surface area contributed by atoms with Crippen LogP contribution in [0.3, 0.4) is 0 Å². The Kier molecular flexibility index (Phi) is 5.40. The van der Waals surface area contributed by atoms with Crippen LogP contribution in [0, 0.1) is 6.92 Å². The average molecular weight is 296 g/mol. The summed E-state index contributed by atoms with van der Waals surface area (Å²) in [5, 5.41) is 6.99.